The van der Waals surface area contributed by atoms with Crippen molar-refractivity contribution in [3.8, 4) is 11.5 Å². The summed E-state index contributed by atoms with van der Waals surface area (Å²) in [5.41, 5.74) is -0.300. The number of hydrogen-bond donors (Lipinski definition) is 1. The van der Waals surface area contributed by atoms with Crippen molar-refractivity contribution in [2.45, 2.75) is 44.9 Å². The lowest BCUT2D eigenvalue weighted by Crippen LogP contribution is -2.52. The zero-order valence-corrected chi connectivity index (χ0v) is 16.8. The number of morpholine rings is 1. The number of nitrogens with zero attached hydrogens (tertiary/aromatic N) is 2. The summed E-state index contributed by atoms with van der Waals surface area (Å²) < 4.78 is 16.3. The predicted octanol–water partition coefficient (Wildman–Crippen LogP) is 0.904. The Morgan fingerprint density at radius 1 is 1.17 bits per heavy atom. The first-order chi connectivity index (χ1) is 13.7. The molecule has 3 heterocycles. The van der Waals surface area contributed by atoms with Gasteiger partial charge in [-0.15, -0.1) is 0 Å². The molecule has 0 radical (unpaired) electrons. The summed E-state index contributed by atoms with van der Waals surface area (Å²) in [6.45, 7) is 6.24. The van der Waals surface area contributed by atoms with Crippen LogP contribution < -0.4 is 14.8 Å². The lowest BCUT2D eigenvalue weighted by molar-refractivity contribution is -0.146. The maximum absolute atomic E-state index is 13.0. The maximum atomic E-state index is 13.0. The Balaban J connectivity index is 1.44. The molecule has 1 N–H and O–H groups in total. The Morgan fingerprint density at radius 2 is 1.86 bits per heavy atom. The molecular formula is C20H25N3O6. The fourth-order valence-corrected chi connectivity index (χ4v) is 4.09. The van der Waals surface area contributed by atoms with Gasteiger partial charge in [-0.05, 0) is 38.5 Å². The van der Waals surface area contributed by atoms with Crippen molar-refractivity contribution in [1.82, 2.24) is 15.1 Å². The molecule has 0 bridgehead atoms. The van der Waals surface area contributed by atoms with Crippen molar-refractivity contribution in [3.05, 3.63) is 23.8 Å². The van der Waals surface area contributed by atoms with Gasteiger partial charge in [-0.2, -0.15) is 0 Å². The van der Waals surface area contributed by atoms with E-state index in [-0.39, 0.29) is 37.9 Å². The molecule has 0 aliphatic carbocycles. The molecule has 1 aromatic carbocycles. The SMILES string of the molecule is C[C@H]1CN(C(=O)CN2C(=O)N[C@](C)(Cc3ccc4c(c3)OCO4)C2=O)C[C@H](C)O1. The number of carbonyl (C=O) groups excluding carboxylic acids is 3. The number of amides is 4. The van der Waals surface area contributed by atoms with Gasteiger partial charge in [0.25, 0.3) is 5.91 Å². The van der Waals surface area contributed by atoms with Gasteiger partial charge in [-0.1, -0.05) is 6.07 Å². The van der Waals surface area contributed by atoms with Crippen LogP contribution in [0.2, 0.25) is 0 Å². The molecule has 0 spiro atoms. The van der Waals surface area contributed by atoms with Crippen molar-refractivity contribution in [3.63, 3.8) is 0 Å². The topological polar surface area (TPSA) is 97.4 Å². The highest BCUT2D eigenvalue weighted by atomic mass is 16.7. The van der Waals surface area contributed by atoms with E-state index in [1.54, 1.807) is 24.0 Å². The molecule has 3 aliphatic heterocycles. The third kappa shape index (κ3) is 3.74. The van der Waals surface area contributed by atoms with E-state index in [1.807, 2.05) is 19.9 Å². The van der Waals surface area contributed by atoms with Gasteiger partial charge in [0.2, 0.25) is 12.7 Å². The molecule has 0 unspecified atom stereocenters. The van der Waals surface area contributed by atoms with Crippen LogP contribution in [0.4, 0.5) is 4.79 Å². The van der Waals surface area contributed by atoms with E-state index in [1.165, 1.54) is 0 Å². The Kier molecular flexibility index (Phi) is 4.85. The lowest BCUT2D eigenvalue weighted by Gasteiger charge is -2.35. The van der Waals surface area contributed by atoms with Crippen LogP contribution in [0.15, 0.2) is 18.2 Å². The van der Waals surface area contributed by atoms with Crippen molar-refractivity contribution >= 4 is 17.8 Å². The van der Waals surface area contributed by atoms with E-state index in [0.717, 1.165) is 10.5 Å². The number of rotatable bonds is 4. The van der Waals surface area contributed by atoms with Gasteiger partial charge in [-0.3, -0.25) is 14.5 Å². The molecule has 9 nitrogen and oxygen atoms in total. The fourth-order valence-electron chi connectivity index (χ4n) is 4.09. The first-order valence-corrected chi connectivity index (χ1v) is 9.71. The third-order valence-electron chi connectivity index (χ3n) is 5.41. The quantitative estimate of drug-likeness (QED) is 0.751. The van der Waals surface area contributed by atoms with Crippen LogP contribution >= 0.6 is 0 Å². The second-order valence-corrected chi connectivity index (χ2v) is 8.07. The Labute approximate surface area is 168 Å². The Hall–Kier alpha value is -2.81. The minimum Gasteiger partial charge on any atom is -0.454 e. The van der Waals surface area contributed by atoms with Crippen molar-refractivity contribution < 1.29 is 28.6 Å². The second-order valence-electron chi connectivity index (χ2n) is 8.07. The minimum absolute atomic E-state index is 0.0814. The average Bonchev–Trinajstić information content (AvgIpc) is 3.19. The summed E-state index contributed by atoms with van der Waals surface area (Å²) in [5, 5.41) is 2.74. The van der Waals surface area contributed by atoms with Crippen LogP contribution in [0.3, 0.4) is 0 Å². The summed E-state index contributed by atoms with van der Waals surface area (Å²) in [6.07, 6.45) is 0.119. The predicted molar refractivity (Wildman–Crippen MR) is 102 cm³/mol. The molecule has 0 saturated carbocycles. The first kappa shape index (κ1) is 19.5. The zero-order valence-electron chi connectivity index (χ0n) is 16.8. The standard InChI is InChI=1S/C20H25N3O6/c1-12-8-22(9-13(2)29-12)17(24)10-23-18(25)20(3,21-19(23)26)7-14-4-5-15-16(6-14)28-11-27-15/h4-6,12-13H,7-11H2,1-3H3,(H,21,26)/t12-,13-,20+/m0/s1. The highest BCUT2D eigenvalue weighted by Crippen LogP contribution is 2.34. The molecule has 2 saturated heterocycles. The van der Waals surface area contributed by atoms with Crippen molar-refractivity contribution in [1.29, 1.82) is 0 Å². The number of ether oxygens (including phenoxy) is 3. The number of nitrogens with one attached hydrogen (secondary N) is 1. The molecule has 4 rings (SSSR count). The highest BCUT2D eigenvalue weighted by molar-refractivity contribution is 6.09. The molecule has 0 aromatic heterocycles. The Morgan fingerprint density at radius 3 is 2.59 bits per heavy atom. The molecule has 156 valence electrons. The second kappa shape index (κ2) is 7.22. The molecule has 9 heteroatoms. The number of benzene rings is 1. The number of carbonyl (C=O) groups is 3. The van der Waals surface area contributed by atoms with Crippen LogP contribution in [0.1, 0.15) is 26.3 Å². The molecule has 29 heavy (non-hydrogen) atoms. The van der Waals surface area contributed by atoms with Crippen LogP contribution in [0.25, 0.3) is 0 Å². The monoisotopic (exact) mass is 403 g/mol. The molecule has 1 aromatic rings. The Bertz CT molecular complexity index is 849. The maximum Gasteiger partial charge on any atom is 0.325 e. The normalized spacial score (nSPS) is 28.7. The summed E-state index contributed by atoms with van der Waals surface area (Å²) in [7, 11) is 0. The van der Waals surface area contributed by atoms with Crippen molar-refractivity contribution in [2.24, 2.45) is 0 Å². The molecule has 2 fully saturated rings. The van der Waals surface area contributed by atoms with Gasteiger partial charge in [0.05, 0.1) is 12.2 Å². The van der Waals surface area contributed by atoms with Crippen LogP contribution in [-0.2, 0) is 20.7 Å². The lowest BCUT2D eigenvalue weighted by atomic mass is 9.92. The fraction of sp³-hybridized carbons (Fsp3) is 0.550. The van der Waals surface area contributed by atoms with Gasteiger partial charge in [0.1, 0.15) is 12.1 Å². The van der Waals surface area contributed by atoms with Crippen molar-refractivity contribution in [2.75, 3.05) is 26.4 Å². The van der Waals surface area contributed by atoms with Gasteiger partial charge in [-0.25, -0.2) is 4.79 Å². The zero-order chi connectivity index (χ0) is 20.8. The average molecular weight is 403 g/mol. The number of hydrogen-bond acceptors (Lipinski definition) is 6. The van der Waals surface area contributed by atoms with Gasteiger partial charge < -0.3 is 24.4 Å². The van der Waals surface area contributed by atoms with Gasteiger partial charge >= 0.3 is 6.03 Å². The number of urea groups is 1. The number of imide groups is 1. The van der Waals surface area contributed by atoms with Crippen LogP contribution in [-0.4, -0.2) is 71.8 Å². The summed E-state index contributed by atoms with van der Waals surface area (Å²) in [4.78, 5) is 40.8. The summed E-state index contributed by atoms with van der Waals surface area (Å²) >= 11 is 0. The van der Waals surface area contributed by atoms with Gasteiger partial charge in [0, 0.05) is 19.5 Å². The van der Waals surface area contributed by atoms with Crippen LogP contribution in [0, 0.1) is 0 Å². The highest BCUT2D eigenvalue weighted by Gasteiger charge is 2.48. The van der Waals surface area contributed by atoms with Crippen LogP contribution in [0.5, 0.6) is 11.5 Å². The number of fused-ring (bicyclic) bond motifs is 1. The third-order valence-corrected chi connectivity index (χ3v) is 5.41. The smallest absolute Gasteiger partial charge is 0.325 e. The van der Waals surface area contributed by atoms with E-state index in [0.29, 0.717) is 24.6 Å². The van der Waals surface area contributed by atoms with E-state index >= 15 is 0 Å². The van der Waals surface area contributed by atoms with E-state index in [9.17, 15) is 14.4 Å². The first-order valence-electron chi connectivity index (χ1n) is 9.71. The minimum atomic E-state index is -1.13. The summed E-state index contributed by atoms with van der Waals surface area (Å²) in [6, 6.07) is 4.87. The molecule has 4 amide bonds. The van der Waals surface area contributed by atoms with Gasteiger partial charge in [0.15, 0.2) is 11.5 Å². The van der Waals surface area contributed by atoms with E-state index < -0.39 is 17.5 Å². The molecule has 3 aliphatic rings. The van der Waals surface area contributed by atoms with E-state index in [4.69, 9.17) is 14.2 Å². The largest absolute Gasteiger partial charge is 0.454 e. The van der Waals surface area contributed by atoms with E-state index in [2.05, 4.69) is 5.32 Å². The molecular weight excluding hydrogens is 378 g/mol. The molecule has 3 atom stereocenters. The summed E-state index contributed by atoms with van der Waals surface area (Å²) in [5.74, 6) is 0.595.